The average molecular weight is 328 g/mol. The van der Waals surface area contributed by atoms with Gasteiger partial charge in [0.2, 0.25) is 5.91 Å². The number of hydrogen-bond acceptors (Lipinski definition) is 3. The zero-order chi connectivity index (χ0) is 16.3. The molecule has 0 aliphatic heterocycles. The summed E-state index contributed by atoms with van der Waals surface area (Å²) >= 11 is 1.46. The van der Waals surface area contributed by atoms with Crippen LogP contribution in [-0.2, 0) is 17.4 Å². The minimum absolute atomic E-state index is 0.132. The second kappa shape index (κ2) is 6.39. The third kappa shape index (κ3) is 4.00. The second-order valence-electron chi connectivity index (χ2n) is 4.98. The van der Waals surface area contributed by atoms with Gasteiger partial charge in [0.15, 0.2) is 0 Å². The van der Waals surface area contributed by atoms with Gasteiger partial charge in [-0.3, -0.25) is 4.79 Å². The Labute approximate surface area is 130 Å². The maximum absolute atomic E-state index is 12.8. The van der Waals surface area contributed by atoms with Crippen LogP contribution in [0.25, 0.3) is 0 Å². The lowest BCUT2D eigenvalue weighted by Crippen LogP contribution is -2.19. The molecule has 2 aromatic rings. The summed E-state index contributed by atoms with van der Waals surface area (Å²) in [6.45, 7) is 0. The lowest BCUT2D eigenvalue weighted by Gasteiger charge is -2.19. The quantitative estimate of drug-likeness (QED) is 0.919. The standard InChI is InChI=1S/C15H15F3N2OS/c1-20(2)13-4-3-11(15(16,17)18)8-12(13)19-14(21)7-10-5-6-22-9-10/h3-6,8-9H,7H2,1-2H3,(H,19,21). The summed E-state index contributed by atoms with van der Waals surface area (Å²) in [6, 6.07) is 5.12. The molecule has 0 radical (unpaired) electrons. The summed E-state index contributed by atoms with van der Waals surface area (Å²) in [5.41, 5.74) is 0.719. The van der Waals surface area contributed by atoms with E-state index >= 15 is 0 Å². The van der Waals surface area contributed by atoms with Crippen LogP contribution >= 0.6 is 11.3 Å². The number of anilines is 2. The Bertz CT molecular complexity index is 651. The van der Waals surface area contributed by atoms with Gasteiger partial charge in [0.05, 0.1) is 23.4 Å². The van der Waals surface area contributed by atoms with Gasteiger partial charge in [-0.15, -0.1) is 0 Å². The second-order valence-corrected chi connectivity index (χ2v) is 5.76. The summed E-state index contributed by atoms with van der Waals surface area (Å²) in [7, 11) is 3.41. The van der Waals surface area contributed by atoms with Crippen LogP contribution in [0.4, 0.5) is 24.5 Å². The molecule has 0 aliphatic carbocycles. The fourth-order valence-corrected chi connectivity index (χ4v) is 2.64. The van der Waals surface area contributed by atoms with E-state index in [1.54, 1.807) is 19.0 Å². The Morgan fingerprint density at radius 3 is 2.55 bits per heavy atom. The number of rotatable bonds is 4. The van der Waals surface area contributed by atoms with Crippen molar-refractivity contribution in [1.82, 2.24) is 0 Å². The number of amides is 1. The molecular weight excluding hydrogens is 313 g/mol. The van der Waals surface area contributed by atoms with Crippen molar-refractivity contribution in [3.63, 3.8) is 0 Å². The van der Waals surface area contributed by atoms with Crippen molar-refractivity contribution >= 4 is 28.6 Å². The first-order valence-electron chi connectivity index (χ1n) is 6.47. The molecule has 118 valence electrons. The highest BCUT2D eigenvalue weighted by molar-refractivity contribution is 7.08. The third-order valence-electron chi connectivity index (χ3n) is 3.02. The molecule has 1 aromatic heterocycles. The molecule has 1 N–H and O–H groups in total. The lowest BCUT2D eigenvalue weighted by atomic mass is 10.1. The number of hydrogen-bond donors (Lipinski definition) is 1. The molecule has 3 nitrogen and oxygen atoms in total. The molecule has 0 saturated heterocycles. The van der Waals surface area contributed by atoms with Crippen molar-refractivity contribution in [3.05, 3.63) is 46.2 Å². The minimum Gasteiger partial charge on any atom is -0.376 e. The van der Waals surface area contributed by atoms with Gasteiger partial charge in [0, 0.05) is 14.1 Å². The fourth-order valence-electron chi connectivity index (χ4n) is 1.98. The molecule has 0 fully saturated rings. The molecule has 2 rings (SSSR count). The lowest BCUT2D eigenvalue weighted by molar-refractivity contribution is -0.137. The average Bonchev–Trinajstić information content (AvgIpc) is 2.89. The molecule has 0 unspecified atom stereocenters. The van der Waals surface area contributed by atoms with E-state index in [-0.39, 0.29) is 18.0 Å². The van der Waals surface area contributed by atoms with Crippen LogP contribution in [0.3, 0.4) is 0 Å². The van der Waals surface area contributed by atoms with Crippen molar-refractivity contribution in [2.24, 2.45) is 0 Å². The maximum Gasteiger partial charge on any atom is 0.416 e. The molecule has 0 atom stereocenters. The van der Waals surface area contributed by atoms with Crippen LogP contribution in [-0.4, -0.2) is 20.0 Å². The van der Waals surface area contributed by atoms with Gasteiger partial charge in [-0.2, -0.15) is 24.5 Å². The summed E-state index contributed by atoms with van der Waals surface area (Å²) in [5, 5.41) is 6.24. The van der Waals surface area contributed by atoms with Gasteiger partial charge < -0.3 is 10.2 Å². The van der Waals surface area contributed by atoms with Gasteiger partial charge in [-0.1, -0.05) is 0 Å². The minimum atomic E-state index is -4.45. The fraction of sp³-hybridized carbons (Fsp3) is 0.267. The normalized spacial score (nSPS) is 11.3. The molecule has 7 heteroatoms. The van der Waals surface area contributed by atoms with Gasteiger partial charge in [-0.05, 0) is 40.6 Å². The molecular formula is C15H15F3N2OS. The first-order valence-corrected chi connectivity index (χ1v) is 7.41. The number of nitrogens with zero attached hydrogens (tertiary/aromatic N) is 1. The first kappa shape index (κ1) is 16.4. The highest BCUT2D eigenvalue weighted by Gasteiger charge is 2.31. The summed E-state index contributed by atoms with van der Waals surface area (Å²) < 4.78 is 38.5. The van der Waals surface area contributed by atoms with Gasteiger partial charge in [0.1, 0.15) is 0 Å². The predicted molar refractivity (Wildman–Crippen MR) is 82.4 cm³/mol. The largest absolute Gasteiger partial charge is 0.416 e. The molecule has 0 bridgehead atoms. The van der Waals surface area contributed by atoms with Crippen molar-refractivity contribution < 1.29 is 18.0 Å². The van der Waals surface area contributed by atoms with E-state index in [4.69, 9.17) is 0 Å². The number of thiophene rings is 1. The topological polar surface area (TPSA) is 32.3 Å². The number of nitrogens with one attached hydrogen (secondary N) is 1. The molecule has 1 amide bonds. The van der Waals surface area contributed by atoms with Crippen molar-refractivity contribution in [2.75, 3.05) is 24.3 Å². The maximum atomic E-state index is 12.8. The van der Waals surface area contributed by atoms with E-state index in [1.165, 1.54) is 17.4 Å². The van der Waals surface area contributed by atoms with E-state index in [9.17, 15) is 18.0 Å². The Kier molecular flexibility index (Phi) is 4.75. The third-order valence-corrected chi connectivity index (χ3v) is 3.76. The highest BCUT2D eigenvalue weighted by atomic mass is 32.1. The molecule has 0 spiro atoms. The van der Waals surface area contributed by atoms with E-state index < -0.39 is 11.7 Å². The molecule has 1 heterocycles. The zero-order valence-corrected chi connectivity index (χ0v) is 12.9. The number of carbonyl (C=O) groups is 1. The number of alkyl halides is 3. The highest BCUT2D eigenvalue weighted by Crippen LogP contribution is 2.34. The van der Waals surface area contributed by atoms with Gasteiger partial charge in [-0.25, -0.2) is 0 Å². The predicted octanol–water partition coefficient (Wildman–Crippen LogP) is 4.01. The van der Waals surface area contributed by atoms with Crippen LogP contribution in [0.1, 0.15) is 11.1 Å². The van der Waals surface area contributed by atoms with Crippen LogP contribution in [0.5, 0.6) is 0 Å². The number of halogens is 3. The van der Waals surface area contributed by atoms with E-state index in [2.05, 4.69) is 5.32 Å². The Hall–Kier alpha value is -2.02. The van der Waals surface area contributed by atoms with Crippen LogP contribution in [0.2, 0.25) is 0 Å². The summed E-state index contributed by atoms with van der Waals surface area (Å²) in [6.07, 6.45) is -4.32. The monoisotopic (exact) mass is 328 g/mol. The summed E-state index contributed by atoms with van der Waals surface area (Å²) in [4.78, 5) is 13.7. The molecule has 0 saturated carbocycles. The van der Waals surface area contributed by atoms with Crippen LogP contribution in [0, 0.1) is 0 Å². The Morgan fingerprint density at radius 2 is 2.00 bits per heavy atom. The first-order chi connectivity index (χ1) is 10.3. The van der Waals surface area contributed by atoms with E-state index in [0.717, 1.165) is 17.7 Å². The van der Waals surface area contributed by atoms with Gasteiger partial charge >= 0.3 is 6.18 Å². The molecule has 1 aromatic carbocycles. The van der Waals surface area contributed by atoms with Crippen molar-refractivity contribution in [3.8, 4) is 0 Å². The van der Waals surface area contributed by atoms with Crippen LogP contribution in [0.15, 0.2) is 35.0 Å². The SMILES string of the molecule is CN(C)c1ccc(C(F)(F)F)cc1NC(=O)Cc1ccsc1. The van der Waals surface area contributed by atoms with Crippen LogP contribution < -0.4 is 10.2 Å². The number of benzene rings is 1. The number of carbonyl (C=O) groups excluding carboxylic acids is 1. The smallest absolute Gasteiger partial charge is 0.376 e. The molecule has 22 heavy (non-hydrogen) atoms. The van der Waals surface area contributed by atoms with E-state index in [0.29, 0.717) is 5.69 Å². The summed E-state index contributed by atoms with van der Waals surface area (Å²) in [5.74, 6) is -0.346. The van der Waals surface area contributed by atoms with Crippen molar-refractivity contribution in [2.45, 2.75) is 12.6 Å². The van der Waals surface area contributed by atoms with E-state index in [1.807, 2.05) is 16.8 Å². The van der Waals surface area contributed by atoms with Crippen molar-refractivity contribution in [1.29, 1.82) is 0 Å². The molecule has 0 aliphatic rings. The zero-order valence-electron chi connectivity index (χ0n) is 12.1. The Balaban J connectivity index is 2.25. The Morgan fingerprint density at radius 1 is 1.27 bits per heavy atom. The van der Waals surface area contributed by atoms with Gasteiger partial charge in [0.25, 0.3) is 0 Å².